The van der Waals surface area contributed by atoms with E-state index in [0.29, 0.717) is 0 Å². The molecule has 8 rings (SSSR count). The van der Waals surface area contributed by atoms with Crippen LogP contribution in [0.4, 0.5) is 0 Å². The lowest BCUT2D eigenvalue weighted by molar-refractivity contribution is -0.265. The second kappa shape index (κ2) is 6.99. The van der Waals surface area contributed by atoms with Crippen molar-refractivity contribution in [2.24, 2.45) is 35.0 Å². The zero-order valence-corrected chi connectivity index (χ0v) is 23.3. The Morgan fingerprint density at radius 2 is 1.70 bits per heavy atom. The van der Waals surface area contributed by atoms with E-state index in [1.807, 2.05) is 13.8 Å². The fourth-order valence-electron chi connectivity index (χ4n) is 10.9. The Hall–Kier alpha value is -1.92. The van der Waals surface area contributed by atoms with Crippen molar-refractivity contribution in [2.75, 3.05) is 0 Å². The third-order valence-electron chi connectivity index (χ3n) is 12.4. The Balaban J connectivity index is 1.28. The Bertz CT molecular complexity index is 1290. The average molecular weight is 561 g/mol. The van der Waals surface area contributed by atoms with Crippen LogP contribution < -0.4 is 0 Å². The van der Waals surface area contributed by atoms with Crippen molar-refractivity contribution in [3.63, 3.8) is 0 Å². The molecule has 0 radical (unpaired) electrons. The van der Waals surface area contributed by atoms with Crippen LogP contribution in [0.1, 0.15) is 66.7 Å². The first kappa shape index (κ1) is 25.8. The van der Waals surface area contributed by atoms with Gasteiger partial charge in [-0.15, -0.1) is 0 Å². The molecule has 2 N–H and O–H groups in total. The summed E-state index contributed by atoms with van der Waals surface area (Å²) >= 11 is 0. The summed E-state index contributed by atoms with van der Waals surface area (Å²) < 4.78 is 31.0. The predicted molar refractivity (Wildman–Crippen MR) is 130 cm³/mol. The number of carbonyl (C=O) groups is 4. The van der Waals surface area contributed by atoms with Gasteiger partial charge in [-0.05, 0) is 47.0 Å². The summed E-state index contributed by atoms with van der Waals surface area (Å²) in [6, 6.07) is 0. The fraction of sp³-hybridized carbons (Fsp3) is 0.862. The van der Waals surface area contributed by atoms with Crippen LogP contribution in [0.3, 0.4) is 0 Å². The molecule has 218 valence electrons. The number of hydrogen-bond acceptors (Lipinski definition) is 11. The van der Waals surface area contributed by atoms with E-state index in [-0.39, 0.29) is 37.9 Å². The molecule has 2 aliphatic carbocycles. The first-order valence-electron chi connectivity index (χ1n) is 14.5. The Labute approximate surface area is 231 Å². The molecule has 6 saturated heterocycles. The van der Waals surface area contributed by atoms with Crippen molar-refractivity contribution >= 4 is 23.5 Å². The summed E-state index contributed by atoms with van der Waals surface area (Å²) in [5.74, 6) is -8.20. The Morgan fingerprint density at radius 1 is 0.975 bits per heavy atom. The molecule has 14 atom stereocenters. The van der Waals surface area contributed by atoms with Crippen molar-refractivity contribution in [1.29, 1.82) is 0 Å². The lowest BCUT2D eigenvalue weighted by Gasteiger charge is -2.41. The van der Waals surface area contributed by atoms with Crippen molar-refractivity contribution in [3.05, 3.63) is 0 Å². The standard InChI is InChI=1S/C29H36O11/c1-11-18-19(36-22(11)33)17-20-25(4,23(34)26(17,5)39-18)6-7-27-10-28-13(24(2,3)37-14(28)9-15(31)38-28)8-12(30)16(27)21(32)29(20,35)40-27/h11-14,16-20,30,35H,6-10H2,1-5H3/t11-,12-,13+,14-,16+,17-,18+,19+,20+,25+,26-,27+,28-,29+/m1/s1. The monoisotopic (exact) mass is 560 g/mol. The van der Waals surface area contributed by atoms with Gasteiger partial charge in [0.25, 0.3) is 0 Å². The number of rotatable bonds is 0. The highest BCUT2D eigenvalue weighted by Gasteiger charge is 2.84. The van der Waals surface area contributed by atoms with E-state index < -0.39 is 105 Å². The number of ketones is 2. The van der Waals surface area contributed by atoms with E-state index in [2.05, 4.69) is 0 Å². The van der Waals surface area contributed by atoms with Gasteiger partial charge in [0.1, 0.15) is 29.5 Å². The lowest BCUT2D eigenvalue weighted by atomic mass is 9.62. The van der Waals surface area contributed by atoms with Crippen molar-refractivity contribution < 1.29 is 53.1 Å². The zero-order chi connectivity index (χ0) is 28.6. The molecular weight excluding hydrogens is 524 g/mol. The molecule has 40 heavy (non-hydrogen) atoms. The summed E-state index contributed by atoms with van der Waals surface area (Å²) in [4.78, 5) is 53.9. The first-order valence-corrected chi connectivity index (χ1v) is 14.5. The molecule has 2 saturated carbocycles. The molecule has 11 heteroatoms. The second-order valence-electron chi connectivity index (χ2n) is 14.7. The number of fused-ring (bicyclic) bond motifs is 7. The number of ether oxygens (including phenoxy) is 5. The summed E-state index contributed by atoms with van der Waals surface area (Å²) in [5, 5.41) is 24.1. The molecule has 6 heterocycles. The molecule has 2 spiro atoms. The molecule has 2 bridgehead atoms. The van der Waals surface area contributed by atoms with Gasteiger partial charge >= 0.3 is 11.9 Å². The van der Waals surface area contributed by atoms with Crippen molar-refractivity contribution in [2.45, 2.75) is 119 Å². The largest absolute Gasteiger partial charge is 0.459 e. The maximum absolute atomic E-state index is 14.5. The second-order valence-corrected chi connectivity index (χ2v) is 14.7. The SMILES string of the molecule is C[C@H]1C(=O)O[C@@H]2[C@H]1O[C@@]1(C)C(=O)[C@@]3(C)CC[C@]45C[C@]67OC(=O)C[C@H]6OC(C)(C)[C@@H]7C[C@@H](O)[C@H]4C(=O)[C@@](O)(O5)[C@H]3[C@@H]21. The number of Topliss-reactive ketones (excluding diaryl/α,β-unsaturated/α-hetero) is 2. The molecule has 0 aromatic rings. The molecule has 0 amide bonds. The predicted octanol–water partition coefficient (Wildman–Crippen LogP) is 0.598. The highest BCUT2D eigenvalue weighted by molar-refractivity contribution is 6.00. The van der Waals surface area contributed by atoms with Crippen LogP contribution in [0.25, 0.3) is 0 Å². The van der Waals surface area contributed by atoms with Crippen LogP contribution in [-0.4, -0.2) is 86.3 Å². The van der Waals surface area contributed by atoms with Crippen LogP contribution >= 0.6 is 0 Å². The quantitative estimate of drug-likeness (QED) is 0.400. The lowest BCUT2D eigenvalue weighted by Crippen LogP contribution is -2.55. The molecule has 11 nitrogen and oxygen atoms in total. The molecule has 8 fully saturated rings. The minimum absolute atomic E-state index is 0.0538. The van der Waals surface area contributed by atoms with Gasteiger partial charge in [0, 0.05) is 29.6 Å². The molecule has 6 aliphatic heterocycles. The van der Waals surface area contributed by atoms with Crippen molar-refractivity contribution in [3.8, 4) is 0 Å². The van der Waals surface area contributed by atoms with Gasteiger partial charge in [-0.1, -0.05) is 6.92 Å². The van der Waals surface area contributed by atoms with Crippen LogP contribution in [-0.2, 0) is 42.9 Å². The maximum Gasteiger partial charge on any atom is 0.311 e. The molecule has 0 unspecified atom stereocenters. The molecule has 0 aromatic heterocycles. The van der Waals surface area contributed by atoms with E-state index in [9.17, 15) is 29.4 Å². The Kier molecular flexibility index (Phi) is 4.50. The van der Waals surface area contributed by atoms with E-state index >= 15 is 0 Å². The van der Waals surface area contributed by atoms with Gasteiger partial charge < -0.3 is 33.9 Å². The molecule has 0 aromatic carbocycles. The van der Waals surface area contributed by atoms with Gasteiger partial charge in [0.05, 0.1) is 35.6 Å². The van der Waals surface area contributed by atoms with Gasteiger partial charge in [-0.3, -0.25) is 19.2 Å². The normalized spacial score (nSPS) is 60.6. The smallest absolute Gasteiger partial charge is 0.311 e. The zero-order valence-electron chi connectivity index (χ0n) is 23.3. The van der Waals surface area contributed by atoms with E-state index in [1.165, 1.54) is 0 Å². The summed E-state index contributed by atoms with van der Waals surface area (Å²) in [5.41, 5.74) is -5.87. The third kappa shape index (κ3) is 2.55. The summed E-state index contributed by atoms with van der Waals surface area (Å²) in [6.07, 6.45) is -2.62. The fourth-order valence-corrected chi connectivity index (χ4v) is 10.9. The van der Waals surface area contributed by atoms with Crippen LogP contribution in [0.2, 0.25) is 0 Å². The topological polar surface area (TPSA) is 155 Å². The maximum atomic E-state index is 14.5. The van der Waals surface area contributed by atoms with E-state index in [4.69, 9.17) is 23.7 Å². The number of carbonyl (C=O) groups excluding carboxylic acids is 4. The highest BCUT2D eigenvalue weighted by Crippen LogP contribution is 2.71. The van der Waals surface area contributed by atoms with Gasteiger partial charge in [0.2, 0.25) is 11.6 Å². The Morgan fingerprint density at radius 3 is 2.42 bits per heavy atom. The first-order chi connectivity index (χ1) is 18.5. The number of esters is 2. The minimum Gasteiger partial charge on any atom is -0.459 e. The van der Waals surface area contributed by atoms with Gasteiger partial charge in [-0.25, -0.2) is 0 Å². The number of hydrogen-bond donors (Lipinski definition) is 2. The van der Waals surface area contributed by atoms with Gasteiger partial charge in [0.15, 0.2) is 5.78 Å². The van der Waals surface area contributed by atoms with Crippen LogP contribution in [0.5, 0.6) is 0 Å². The third-order valence-corrected chi connectivity index (χ3v) is 12.4. The van der Waals surface area contributed by atoms with Crippen LogP contribution in [0, 0.1) is 35.0 Å². The molecule has 8 aliphatic rings. The number of aliphatic hydroxyl groups is 2. The molecular formula is C29H36O11. The summed E-state index contributed by atoms with van der Waals surface area (Å²) in [7, 11) is 0. The van der Waals surface area contributed by atoms with Crippen molar-refractivity contribution in [1.82, 2.24) is 0 Å². The number of aliphatic hydroxyl groups excluding tert-OH is 1. The van der Waals surface area contributed by atoms with Crippen LogP contribution in [0.15, 0.2) is 0 Å². The summed E-state index contributed by atoms with van der Waals surface area (Å²) in [6.45, 7) is 8.87. The van der Waals surface area contributed by atoms with E-state index in [1.54, 1.807) is 20.8 Å². The average Bonchev–Trinajstić information content (AvgIpc) is 3.52. The minimum atomic E-state index is -2.44. The van der Waals surface area contributed by atoms with E-state index in [0.717, 1.165) is 0 Å². The van der Waals surface area contributed by atoms with Gasteiger partial charge in [-0.2, -0.15) is 0 Å². The highest BCUT2D eigenvalue weighted by atomic mass is 16.7.